The maximum absolute atomic E-state index is 11.6. The highest BCUT2D eigenvalue weighted by molar-refractivity contribution is 9.10. The standard InChI is InChI=1S/C18H24BrN5O3/c1-23-5-7-24(8-6-23)11-14(25)12-27-15-4-2-3-13(9-15)21-18-20-10-16(19)17(26)22-18/h2-4,9-10,14,25H,5-8,11-12H2,1H3,(H2,20,21,22,26)/t14-/m0/s1. The first-order chi connectivity index (χ1) is 13.0. The number of nitrogens with zero attached hydrogens (tertiary/aromatic N) is 3. The minimum absolute atomic E-state index is 0.225. The summed E-state index contributed by atoms with van der Waals surface area (Å²) < 4.78 is 6.10. The minimum Gasteiger partial charge on any atom is -0.491 e. The molecule has 8 nitrogen and oxygen atoms in total. The van der Waals surface area contributed by atoms with E-state index in [1.165, 1.54) is 6.20 Å². The van der Waals surface area contributed by atoms with Crippen LogP contribution in [0.25, 0.3) is 0 Å². The number of hydrogen-bond donors (Lipinski definition) is 3. The van der Waals surface area contributed by atoms with Crippen molar-refractivity contribution >= 4 is 27.6 Å². The zero-order chi connectivity index (χ0) is 19.2. The molecule has 0 radical (unpaired) electrons. The summed E-state index contributed by atoms with van der Waals surface area (Å²) in [6.45, 7) is 4.80. The molecule has 2 aromatic rings. The molecule has 0 bridgehead atoms. The average molecular weight is 438 g/mol. The molecule has 27 heavy (non-hydrogen) atoms. The number of aliphatic hydroxyl groups is 1. The predicted octanol–water partition coefficient (Wildman–Crippen LogP) is 1.26. The molecule has 1 aliphatic rings. The van der Waals surface area contributed by atoms with Crippen LogP contribution in [0.4, 0.5) is 11.6 Å². The molecule has 1 aromatic heterocycles. The highest BCUT2D eigenvalue weighted by atomic mass is 79.9. The summed E-state index contributed by atoms with van der Waals surface area (Å²) in [5, 5.41) is 13.3. The summed E-state index contributed by atoms with van der Waals surface area (Å²) in [6.07, 6.45) is 0.894. The molecule has 3 N–H and O–H groups in total. The van der Waals surface area contributed by atoms with E-state index in [-0.39, 0.29) is 12.2 Å². The van der Waals surface area contributed by atoms with Gasteiger partial charge in [0.25, 0.3) is 5.56 Å². The fourth-order valence-electron chi connectivity index (χ4n) is 2.82. The van der Waals surface area contributed by atoms with Crippen molar-refractivity contribution in [3.05, 3.63) is 45.3 Å². The topological polar surface area (TPSA) is 93.7 Å². The Morgan fingerprint density at radius 1 is 1.37 bits per heavy atom. The van der Waals surface area contributed by atoms with E-state index in [1.54, 1.807) is 6.07 Å². The molecule has 1 saturated heterocycles. The van der Waals surface area contributed by atoms with Crippen LogP contribution in [0.1, 0.15) is 0 Å². The van der Waals surface area contributed by atoms with E-state index < -0.39 is 6.10 Å². The van der Waals surface area contributed by atoms with Gasteiger partial charge < -0.3 is 20.1 Å². The number of likely N-dealkylation sites (N-methyl/N-ethyl adjacent to an activating group) is 1. The number of β-amino-alcohol motifs (C(OH)–C–C–N with tert-alkyl or cyclic N) is 1. The van der Waals surface area contributed by atoms with Crippen LogP contribution in [-0.2, 0) is 0 Å². The van der Waals surface area contributed by atoms with Crippen LogP contribution in [0.15, 0.2) is 39.7 Å². The quantitative estimate of drug-likeness (QED) is 0.600. The van der Waals surface area contributed by atoms with Gasteiger partial charge in [0, 0.05) is 44.5 Å². The lowest BCUT2D eigenvalue weighted by Gasteiger charge is -2.33. The fourth-order valence-corrected chi connectivity index (χ4v) is 3.02. The SMILES string of the molecule is CN1CCN(C[C@H](O)COc2cccc(Nc3ncc(Br)c(=O)[nH]3)c2)CC1. The Kier molecular flexibility index (Phi) is 6.84. The van der Waals surface area contributed by atoms with Gasteiger partial charge in [-0.3, -0.25) is 14.7 Å². The maximum Gasteiger partial charge on any atom is 0.266 e. The molecule has 1 aromatic carbocycles. The van der Waals surface area contributed by atoms with Gasteiger partial charge in [0.2, 0.25) is 5.95 Å². The van der Waals surface area contributed by atoms with E-state index in [2.05, 4.69) is 48.1 Å². The smallest absolute Gasteiger partial charge is 0.266 e. The van der Waals surface area contributed by atoms with E-state index in [1.807, 2.05) is 18.2 Å². The molecule has 0 saturated carbocycles. The molecule has 0 aliphatic carbocycles. The molecule has 1 aliphatic heterocycles. The molecular weight excluding hydrogens is 414 g/mol. The lowest BCUT2D eigenvalue weighted by molar-refractivity contribution is 0.0505. The number of piperazine rings is 1. The molecule has 1 atom stereocenters. The number of rotatable bonds is 7. The molecule has 0 spiro atoms. The zero-order valence-electron chi connectivity index (χ0n) is 15.2. The number of nitrogens with one attached hydrogen (secondary N) is 2. The third-order valence-corrected chi connectivity index (χ3v) is 4.92. The van der Waals surface area contributed by atoms with Gasteiger partial charge in [-0.2, -0.15) is 0 Å². The molecule has 0 unspecified atom stereocenters. The van der Waals surface area contributed by atoms with Crippen LogP contribution in [0.5, 0.6) is 5.75 Å². The Hall–Kier alpha value is -1.94. The summed E-state index contributed by atoms with van der Waals surface area (Å²) >= 11 is 3.12. The number of ether oxygens (including phenoxy) is 1. The first kappa shape index (κ1) is 19.8. The Bertz CT molecular complexity index is 808. The number of aromatic nitrogens is 2. The van der Waals surface area contributed by atoms with Crippen molar-refractivity contribution in [3.63, 3.8) is 0 Å². The predicted molar refractivity (Wildman–Crippen MR) is 108 cm³/mol. The summed E-state index contributed by atoms with van der Waals surface area (Å²) in [5.74, 6) is 0.979. The van der Waals surface area contributed by atoms with Crippen LogP contribution in [-0.4, -0.2) is 77.4 Å². The van der Waals surface area contributed by atoms with Crippen LogP contribution in [0, 0.1) is 0 Å². The highest BCUT2D eigenvalue weighted by Crippen LogP contribution is 2.20. The average Bonchev–Trinajstić information content (AvgIpc) is 2.65. The minimum atomic E-state index is -0.547. The Labute approximate surface area is 166 Å². The second-order valence-corrected chi connectivity index (χ2v) is 7.48. The fraction of sp³-hybridized carbons (Fsp3) is 0.444. The van der Waals surface area contributed by atoms with E-state index in [9.17, 15) is 9.90 Å². The molecule has 2 heterocycles. The largest absolute Gasteiger partial charge is 0.491 e. The van der Waals surface area contributed by atoms with Gasteiger partial charge in [-0.25, -0.2) is 4.98 Å². The van der Waals surface area contributed by atoms with Gasteiger partial charge in [0.05, 0.1) is 6.20 Å². The maximum atomic E-state index is 11.6. The number of aliphatic hydroxyl groups excluding tert-OH is 1. The van der Waals surface area contributed by atoms with Crippen LogP contribution >= 0.6 is 15.9 Å². The number of aromatic amines is 1. The highest BCUT2D eigenvalue weighted by Gasteiger charge is 2.17. The Morgan fingerprint density at radius 3 is 2.89 bits per heavy atom. The molecule has 3 rings (SSSR count). The van der Waals surface area contributed by atoms with Crippen molar-refractivity contribution in [1.29, 1.82) is 0 Å². The van der Waals surface area contributed by atoms with Crippen molar-refractivity contribution in [3.8, 4) is 5.75 Å². The number of benzene rings is 1. The summed E-state index contributed by atoms with van der Waals surface area (Å²) in [4.78, 5) is 22.9. The van der Waals surface area contributed by atoms with Gasteiger partial charge in [-0.15, -0.1) is 0 Å². The summed E-state index contributed by atoms with van der Waals surface area (Å²) in [6, 6.07) is 7.30. The van der Waals surface area contributed by atoms with Gasteiger partial charge in [-0.1, -0.05) is 6.07 Å². The summed E-state index contributed by atoms with van der Waals surface area (Å²) in [5.41, 5.74) is 0.471. The molecule has 1 fully saturated rings. The van der Waals surface area contributed by atoms with Gasteiger partial charge in [0.1, 0.15) is 22.9 Å². The molecular formula is C18H24BrN5O3. The number of H-pyrrole nitrogens is 1. The van der Waals surface area contributed by atoms with Gasteiger partial charge in [0.15, 0.2) is 0 Å². The Balaban J connectivity index is 1.51. The van der Waals surface area contributed by atoms with E-state index in [4.69, 9.17) is 4.74 Å². The monoisotopic (exact) mass is 437 g/mol. The first-order valence-electron chi connectivity index (χ1n) is 8.83. The normalized spacial score (nSPS) is 16.9. The zero-order valence-corrected chi connectivity index (χ0v) is 16.8. The van der Waals surface area contributed by atoms with Gasteiger partial charge >= 0.3 is 0 Å². The third kappa shape index (κ3) is 6.03. The second kappa shape index (κ2) is 9.32. The van der Waals surface area contributed by atoms with E-state index in [0.29, 0.717) is 22.7 Å². The van der Waals surface area contributed by atoms with Crippen molar-refractivity contribution in [2.24, 2.45) is 0 Å². The third-order valence-electron chi connectivity index (χ3n) is 4.36. The van der Waals surface area contributed by atoms with E-state index >= 15 is 0 Å². The van der Waals surface area contributed by atoms with Crippen molar-refractivity contribution in [2.75, 3.05) is 51.7 Å². The number of hydrogen-bond acceptors (Lipinski definition) is 7. The van der Waals surface area contributed by atoms with Gasteiger partial charge in [-0.05, 0) is 35.1 Å². The van der Waals surface area contributed by atoms with Crippen LogP contribution < -0.4 is 15.6 Å². The van der Waals surface area contributed by atoms with Crippen molar-refractivity contribution < 1.29 is 9.84 Å². The van der Waals surface area contributed by atoms with Crippen molar-refractivity contribution in [1.82, 2.24) is 19.8 Å². The molecule has 9 heteroatoms. The van der Waals surface area contributed by atoms with Crippen LogP contribution in [0.2, 0.25) is 0 Å². The lowest BCUT2D eigenvalue weighted by atomic mass is 10.2. The molecule has 0 amide bonds. The Morgan fingerprint density at radius 2 is 2.15 bits per heavy atom. The summed E-state index contributed by atoms with van der Waals surface area (Å²) in [7, 11) is 2.11. The second-order valence-electron chi connectivity index (χ2n) is 6.63. The first-order valence-corrected chi connectivity index (χ1v) is 9.62. The lowest BCUT2D eigenvalue weighted by Crippen LogP contribution is -2.47. The molecule has 146 valence electrons. The van der Waals surface area contributed by atoms with Crippen molar-refractivity contribution in [2.45, 2.75) is 6.10 Å². The van der Waals surface area contributed by atoms with Crippen LogP contribution in [0.3, 0.4) is 0 Å². The number of halogens is 1. The number of anilines is 2. The van der Waals surface area contributed by atoms with E-state index in [0.717, 1.165) is 31.9 Å².